The molecular formula is C35H30F3N7O. The maximum atomic E-state index is 17.0. The summed E-state index contributed by atoms with van der Waals surface area (Å²) in [7, 11) is 0. The Morgan fingerprint density at radius 1 is 1.02 bits per heavy atom. The van der Waals surface area contributed by atoms with Gasteiger partial charge in [0, 0.05) is 60.7 Å². The Bertz CT molecular complexity index is 2140. The molecule has 4 fully saturated rings. The summed E-state index contributed by atoms with van der Waals surface area (Å²) in [5, 5.41) is 15.4. The van der Waals surface area contributed by atoms with Crippen molar-refractivity contribution in [3.8, 4) is 29.4 Å². The Labute approximate surface area is 262 Å². The minimum absolute atomic E-state index is 0.0375. The monoisotopic (exact) mass is 621 g/mol. The molecule has 0 radical (unpaired) electrons. The van der Waals surface area contributed by atoms with Gasteiger partial charge in [-0.25, -0.2) is 28.1 Å². The minimum Gasteiger partial charge on any atom is -0.508 e. The normalized spacial score (nSPS) is 26.0. The van der Waals surface area contributed by atoms with Crippen LogP contribution in [0.4, 0.5) is 18.9 Å². The zero-order valence-electron chi connectivity index (χ0n) is 24.9. The third kappa shape index (κ3) is 3.96. The molecule has 4 atom stereocenters. The van der Waals surface area contributed by atoms with Crippen molar-refractivity contribution in [2.75, 3.05) is 31.1 Å². The van der Waals surface area contributed by atoms with Crippen LogP contribution in [0.2, 0.25) is 0 Å². The molecule has 4 aliphatic heterocycles. The van der Waals surface area contributed by atoms with Crippen LogP contribution in [-0.2, 0) is 5.54 Å². The third-order valence-corrected chi connectivity index (χ3v) is 10.5. The molecule has 9 rings (SSSR count). The Balaban J connectivity index is 1.31. The summed E-state index contributed by atoms with van der Waals surface area (Å²) < 4.78 is 46.6. The van der Waals surface area contributed by atoms with E-state index in [0.29, 0.717) is 65.8 Å². The number of fused-ring (bicyclic) bond motifs is 6. The predicted octanol–water partition coefficient (Wildman–Crippen LogP) is 5.33. The van der Waals surface area contributed by atoms with Gasteiger partial charge in [0.1, 0.15) is 34.5 Å². The summed E-state index contributed by atoms with van der Waals surface area (Å²) in [5.41, 5.74) is 1.67. The number of rotatable bonds is 3. The highest BCUT2D eigenvalue weighted by atomic mass is 19.1. The molecule has 4 saturated heterocycles. The third-order valence-electron chi connectivity index (χ3n) is 10.5. The lowest BCUT2D eigenvalue weighted by atomic mass is 9.90. The number of pyridine rings is 2. The predicted molar refractivity (Wildman–Crippen MR) is 169 cm³/mol. The molecule has 0 unspecified atom stereocenters. The van der Waals surface area contributed by atoms with E-state index in [2.05, 4.69) is 26.0 Å². The van der Waals surface area contributed by atoms with E-state index >= 15 is 4.39 Å². The molecule has 2 aromatic carbocycles. The summed E-state index contributed by atoms with van der Waals surface area (Å²) in [6.45, 7) is 2.57. The van der Waals surface area contributed by atoms with E-state index in [-0.39, 0.29) is 39.1 Å². The molecule has 4 aliphatic rings. The van der Waals surface area contributed by atoms with E-state index in [1.807, 2.05) is 0 Å². The first-order valence-electron chi connectivity index (χ1n) is 15.8. The van der Waals surface area contributed by atoms with E-state index in [4.69, 9.17) is 21.4 Å². The molecule has 3 aromatic heterocycles. The average Bonchev–Trinajstić information content (AvgIpc) is 3.70. The second-order valence-corrected chi connectivity index (χ2v) is 13.2. The van der Waals surface area contributed by atoms with Gasteiger partial charge in [0.2, 0.25) is 0 Å². The summed E-state index contributed by atoms with van der Waals surface area (Å²) >= 11 is 0. The Kier molecular flexibility index (Phi) is 6.02. The first-order chi connectivity index (χ1) is 22.3. The zero-order chi connectivity index (χ0) is 31.3. The van der Waals surface area contributed by atoms with Crippen molar-refractivity contribution < 1.29 is 18.3 Å². The number of terminal acetylenes is 1. The highest BCUT2D eigenvalue weighted by Gasteiger charge is 2.51. The maximum Gasteiger partial charge on any atom is 0.181 e. The van der Waals surface area contributed by atoms with E-state index < -0.39 is 23.3 Å². The van der Waals surface area contributed by atoms with Crippen molar-refractivity contribution in [3.05, 3.63) is 59.6 Å². The smallest absolute Gasteiger partial charge is 0.181 e. The summed E-state index contributed by atoms with van der Waals surface area (Å²) in [6, 6.07) is 6.10. The molecule has 0 amide bonds. The molecule has 2 bridgehead atoms. The van der Waals surface area contributed by atoms with Gasteiger partial charge in [-0.3, -0.25) is 9.88 Å². The second-order valence-electron chi connectivity index (χ2n) is 13.2. The van der Waals surface area contributed by atoms with Crippen LogP contribution in [0.5, 0.6) is 5.75 Å². The number of alkyl halides is 1. The van der Waals surface area contributed by atoms with Crippen LogP contribution in [-0.4, -0.2) is 74.4 Å². The molecule has 11 heteroatoms. The van der Waals surface area contributed by atoms with E-state index in [1.165, 1.54) is 24.3 Å². The van der Waals surface area contributed by atoms with Gasteiger partial charge in [0.25, 0.3) is 0 Å². The first kappa shape index (κ1) is 27.8. The van der Waals surface area contributed by atoms with Crippen molar-refractivity contribution in [1.29, 1.82) is 0 Å². The van der Waals surface area contributed by atoms with Gasteiger partial charge in [-0.05, 0) is 55.8 Å². The fourth-order valence-electron chi connectivity index (χ4n) is 8.58. The Hall–Kier alpha value is -4.53. The number of anilines is 1. The molecule has 232 valence electrons. The summed E-state index contributed by atoms with van der Waals surface area (Å²) in [4.78, 5) is 23.6. The zero-order valence-corrected chi connectivity index (χ0v) is 24.9. The number of phenols is 1. The number of nitrogens with zero attached hydrogens (tertiary/aromatic N) is 6. The standard InChI is InChI=1S/C35H30F3N7O/c1-2-23-26(37)7-4-18-10-22(46)11-24(28(18)23)30-29(38)31-25(13-39-30)33(44-16-20-5-6-21(17-44)41-20)32-34(43-31)42-27(14-40-32)35-8-3-9-45(35)15-19(36)12-35/h1,4,7,10-11,13-14,19-21,41,46H,3,5-6,8-9,12,15-17H2/t19-,20-,21+,35+/m1/s1. The quantitative estimate of drug-likeness (QED) is 0.207. The van der Waals surface area contributed by atoms with Crippen molar-refractivity contribution in [2.24, 2.45) is 0 Å². The number of aromatic hydroxyl groups is 1. The number of phenolic OH excluding ortho intramolecular Hbond substituents is 1. The van der Waals surface area contributed by atoms with Crippen LogP contribution in [0.25, 0.3) is 44.1 Å². The molecule has 8 nitrogen and oxygen atoms in total. The average molecular weight is 622 g/mol. The number of piperazine rings is 1. The summed E-state index contributed by atoms with van der Waals surface area (Å²) in [5.74, 6) is 0.875. The van der Waals surface area contributed by atoms with Crippen molar-refractivity contribution in [3.63, 3.8) is 0 Å². The number of hydrogen-bond donors (Lipinski definition) is 2. The molecule has 0 saturated carbocycles. The van der Waals surface area contributed by atoms with E-state index in [1.54, 1.807) is 12.4 Å². The number of hydrogen-bond acceptors (Lipinski definition) is 8. The van der Waals surface area contributed by atoms with Gasteiger partial charge < -0.3 is 15.3 Å². The number of nitrogens with one attached hydrogen (secondary N) is 1. The minimum atomic E-state index is -0.949. The van der Waals surface area contributed by atoms with Crippen LogP contribution in [0.3, 0.4) is 0 Å². The van der Waals surface area contributed by atoms with Crippen molar-refractivity contribution in [2.45, 2.75) is 55.9 Å². The first-order valence-corrected chi connectivity index (χ1v) is 15.8. The Morgan fingerprint density at radius 2 is 1.85 bits per heavy atom. The topological polar surface area (TPSA) is 90.3 Å². The van der Waals surface area contributed by atoms with Gasteiger partial charge in [-0.15, -0.1) is 6.42 Å². The fraction of sp³-hybridized carbons (Fsp3) is 0.371. The largest absolute Gasteiger partial charge is 0.508 e. The molecule has 2 N–H and O–H groups in total. The molecule has 5 aromatic rings. The van der Waals surface area contributed by atoms with Crippen molar-refractivity contribution in [1.82, 2.24) is 30.2 Å². The summed E-state index contributed by atoms with van der Waals surface area (Å²) in [6.07, 6.45) is 12.2. The van der Waals surface area contributed by atoms with Gasteiger partial charge in [-0.1, -0.05) is 12.0 Å². The highest BCUT2D eigenvalue weighted by Crippen LogP contribution is 2.48. The van der Waals surface area contributed by atoms with Gasteiger partial charge in [0.05, 0.1) is 28.7 Å². The lowest BCUT2D eigenvalue weighted by Gasteiger charge is -2.35. The van der Waals surface area contributed by atoms with Crippen LogP contribution in [0.1, 0.15) is 43.4 Å². The molecule has 0 spiro atoms. The molecule has 0 aliphatic carbocycles. The fourth-order valence-corrected chi connectivity index (χ4v) is 8.58. The van der Waals surface area contributed by atoms with Crippen LogP contribution < -0.4 is 10.2 Å². The molecular weight excluding hydrogens is 591 g/mol. The van der Waals surface area contributed by atoms with Crippen molar-refractivity contribution >= 4 is 38.5 Å². The second kappa shape index (κ2) is 9.98. The van der Waals surface area contributed by atoms with Crippen LogP contribution >= 0.6 is 0 Å². The lowest BCUT2D eigenvalue weighted by molar-refractivity contribution is 0.191. The lowest BCUT2D eigenvalue weighted by Crippen LogP contribution is -2.51. The number of aromatic nitrogens is 4. The maximum absolute atomic E-state index is 17.0. The molecule has 46 heavy (non-hydrogen) atoms. The highest BCUT2D eigenvalue weighted by molar-refractivity contribution is 6.07. The molecule has 7 heterocycles. The SMILES string of the molecule is C#Cc1c(F)ccc2cc(O)cc(-c3ncc4c(N5C[C@H]6CC[C@@H](C5)N6)c5ncc([C@@]67CCCN6C[C@H](F)C7)nc5nc4c3F)c12. The van der Waals surface area contributed by atoms with E-state index in [9.17, 15) is 13.9 Å². The number of halogens is 3. The van der Waals surface area contributed by atoms with Crippen LogP contribution in [0, 0.1) is 24.0 Å². The van der Waals surface area contributed by atoms with E-state index in [0.717, 1.165) is 32.2 Å². The van der Waals surface area contributed by atoms with Gasteiger partial charge in [0.15, 0.2) is 11.5 Å². The Morgan fingerprint density at radius 3 is 2.65 bits per heavy atom. The number of benzene rings is 2. The van der Waals surface area contributed by atoms with Gasteiger partial charge >= 0.3 is 0 Å². The van der Waals surface area contributed by atoms with Gasteiger partial charge in [-0.2, -0.15) is 0 Å². The van der Waals surface area contributed by atoms with Crippen LogP contribution in [0.15, 0.2) is 36.7 Å².